The Kier molecular flexibility index (Phi) is 4.65. The van der Waals surface area contributed by atoms with Crippen molar-refractivity contribution in [1.82, 2.24) is 5.32 Å². The molecule has 1 aliphatic heterocycles. The summed E-state index contributed by atoms with van der Waals surface area (Å²) in [4.78, 5) is 0. The standard InChI is InChI=1S/C17H18INO2/c1-12(13-6-8-14(18)9-7-13)19-10-15-11-20-16-4-2-3-5-17(16)21-15/h2-9,12,15,19H,10-11H2,1H3. The zero-order valence-electron chi connectivity index (χ0n) is 11.9. The van der Waals surface area contributed by atoms with Gasteiger partial charge in [-0.05, 0) is 59.3 Å². The lowest BCUT2D eigenvalue weighted by Gasteiger charge is -2.27. The molecule has 2 aromatic rings. The number of nitrogens with one attached hydrogen (secondary N) is 1. The Labute approximate surface area is 138 Å². The van der Waals surface area contributed by atoms with Gasteiger partial charge in [-0.25, -0.2) is 0 Å². The number of hydrogen-bond acceptors (Lipinski definition) is 3. The zero-order chi connectivity index (χ0) is 14.7. The SMILES string of the molecule is CC(NCC1COc2ccccc2O1)c1ccc(I)cc1. The van der Waals surface area contributed by atoms with Crippen LogP contribution in [0, 0.1) is 3.57 Å². The highest BCUT2D eigenvalue weighted by molar-refractivity contribution is 14.1. The topological polar surface area (TPSA) is 30.5 Å². The predicted octanol–water partition coefficient (Wildman–Crippen LogP) is 3.78. The minimum Gasteiger partial charge on any atom is -0.486 e. The smallest absolute Gasteiger partial charge is 0.161 e. The van der Waals surface area contributed by atoms with Crippen LogP contribution >= 0.6 is 22.6 Å². The third-order valence-corrected chi connectivity index (χ3v) is 4.31. The Morgan fingerprint density at radius 1 is 1.14 bits per heavy atom. The molecule has 3 rings (SSSR count). The van der Waals surface area contributed by atoms with E-state index in [1.807, 2.05) is 24.3 Å². The summed E-state index contributed by atoms with van der Waals surface area (Å²) in [5.74, 6) is 1.66. The van der Waals surface area contributed by atoms with Crippen molar-refractivity contribution >= 4 is 22.6 Å². The van der Waals surface area contributed by atoms with Crippen molar-refractivity contribution in [2.75, 3.05) is 13.2 Å². The Hall–Kier alpha value is -1.27. The summed E-state index contributed by atoms with van der Waals surface area (Å²) in [6, 6.07) is 16.7. The van der Waals surface area contributed by atoms with E-state index in [1.54, 1.807) is 0 Å². The summed E-state index contributed by atoms with van der Waals surface area (Å²) in [6.07, 6.45) is 0.0474. The average Bonchev–Trinajstić information content (AvgIpc) is 2.53. The monoisotopic (exact) mass is 395 g/mol. The van der Waals surface area contributed by atoms with E-state index >= 15 is 0 Å². The first-order chi connectivity index (χ1) is 10.2. The van der Waals surface area contributed by atoms with Gasteiger partial charge in [-0.2, -0.15) is 0 Å². The maximum absolute atomic E-state index is 5.95. The van der Waals surface area contributed by atoms with E-state index in [1.165, 1.54) is 9.13 Å². The first-order valence-corrected chi connectivity index (χ1v) is 8.17. The Morgan fingerprint density at radius 3 is 2.62 bits per heavy atom. The Bertz CT molecular complexity index is 600. The number of fused-ring (bicyclic) bond motifs is 1. The van der Waals surface area contributed by atoms with Crippen molar-refractivity contribution in [3.8, 4) is 11.5 Å². The molecule has 0 bridgehead atoms. The number of halogens is 1. The lowest BCUT2D eigenvalue weighted by molar-refractivity contribution is 0.0886. The largest absolute Gasteiger partial charge is 0.486 e. The fourth-order valence-corrected chi connectivity index (χ4v) is 2.70. The van der Waals surface area contributed by atoms with Gasteiger partial charge in [0.25, 0.3) is 0 Å². The summed E-state index contributed by atoms with van der Waals surface area (Å²) in [7, 11) is 0. The van der Waals surface area contributed by atoms with Crippen LogP contribution in [-0.4, -0.2) is 19.3 Å². The highest BCUT2D eigenvalue weighted by atomic mass is 127. The van der Waals surface area contributed by atoms with Crippen LogP contribution in [0.5, 0.6) is 11.5 Å². The lowest BCUT2D eigenvalue weighted by atomic mass is 10.1. The van der Waals surface area contributed by atoms with Crippen molar-refractivity contribution in [3.63, 3.8) is 0 Å². The molecule has 0 amide bonds. The molecule has 1 heterocycles. The molecule has 2 aromatic carbocycles. The van der Waals surface area contributed by atoms with Crippen molar-refractivity contribution < 1.29 is 9.47 Å². The van der Waals surface area contributed by atoms with Crippen molar-refractivity contribution in [1.29, 1.82) is 0 Å². The normalized spacial score (nSPS) is 18.3. The molecule has 21 heavy (non-hydrogen) atoms. The zero-order valence-corrected chi connectivity index (χ0v) is 14.0. The summed E-state index contributed by atoms with van der Waals surface area (Å²) in [5, 5.41) is 3.51. The Morgan fingerprint density at radius 2 is 1.86 bits per heavy atom. The van der Waals surface area contributed by atoms with E-state index in [2.05, 4.69) is 59.1 Å². The number of para-hydroxylation sites is 2. The molecule has 0 aromatic heterocycles. The molecule has 2 unspecified atom stereocenters. The summed E-state index contributed by atoms with van der Waals surface area (Å²) < 4.78 is 12.9. The molecule has 0 aliphatic carbocycles. The van der Waals surface area contributed by atoms with Gasteiger partial charge in [0.1, 0.15) is 12.7 Å². The minimum absolute atomic E-state index is 0.0474. The third-order valence-electron chi connectivity index (χ3n) is 3.59. The van der Waals surface area contributed by atoms with Gasteiger partial charge in [0.15, 0.2) is 11.5 Å². The summed E-state index contributed by atoms with van der Waals surface area (Å²) in [6.45, 7) is 3.52. The third kappa shape index (κ3) is 3.68. The molecule has 0 saturated heterocycles. The molecule has 110 valence electrons. The molecule has 2 atom stereocenters. The van der Waals surface area contributed by atoms with Crippen molar-refractivity contribution in [2.24, 2.45) is 0 Å². The lowest BCUT2D eigenvalue weighted by Crippen LogP contribution is -2.39. The molecule has 4 heteroatoms. The molecule has 3 nitrogen and oxygen atoms in total. The molecule has 0 saturated carbocycles. The number of benzene rings is 2. The highest BCUT2D eigenvalue weighted by Gasteiger charge is 2.20. The maximum atomic E-state index is 5.95. The quantitative estimate of drug-likeness (QED) is 0.800. The minimum atomic E-state index is 0.0474. The molecule has 0 fully saturated rings. The van der Waals surface area contributed by atoms with Gasteiger partial charge in [0.05, 0.1) is 0 Å². The molecule has 0 radical (unpaired) electrons. The van der Waals surface area contributed by atoms with E-state index in [4.69, 9.17) is 9.47 Å². The second-order valence-electron chi connectivity index (χ2n) is 5.18. The number of hydrogen-bond donors (Lipinski definition) is 1. The van der Waals surface area contributed by atoms with Crippen molar-refractivity contribution in [3.05, 3.63) is 57.7 Å². The van der Waals surface area contributed by atoms with Gasteiger partial charge >= 0.3 is 0 Å². The van der Waals surface area contributed by atoms with Gasteiger partial charge in [0.2, 0.25) is 0 Å². The predicted molar refractivity (Wildman–Crippen MR) is 91.9 cm³/mol. The van der Waals surface area contributed by atoms with Gasteiger partial charge in [-0.3, -0.25) is 0 Å². The van der Waals surface area contributed by atoms with Gasteiger partial charge in [-0.1, -0.05) is 24.3 Å². The van der Waals surface area contributed by atoms with Crippen LogP contribution in [0.1, 0.15) is 18.5 Å². The van der Waals surface area contributed by atoms with E-state index in [-0.39, 0.29) is 6.10 Å². The van der Waals surface area contributed by atoms with Crippen LogP contribution in [0.4, 0.5) is 0 Å². The van der Waals surface area contributed by atoms with E-state index in [0.29, 0.717) is 12.6 Å². The van der Waals surface area contributed by atoms with Crippen LogP contribution < -0.4 is 14.8 Å². The van der Waals surface area contributed by atoms with E-state index < -0.39 is 0 Å². The van der Waals surface area contributed by atoms with Gasteiger partial charge < -0.3 is 14.8 Å². The van der Waals surface area contributed by atoms with Crippen LogP contribution in [0.2, 0.25) is 0 Å². The highest BCUT2D eigenvalue weighted by Crippen LogP contribution is 2.30. The van der Waals surface area contributed by atoms with Crippen molar-refractivity contribution in [2.45, 2.75) is 19.1 Å². The molecular weight excluding hydrogens is 377 g/mol. The first-order valence-electron chi connectivity index (χ1n) is 7.10. The average molecular weight is 395 g/mol. The van der Waals surface area contributed by atoms with E-state index in [9.17, 15) is 0 Å². The summed E-state index contributed by atoms with van der Waals surface area (Å²) >= 11 is 2.32. The molecule has 1 N–H and O–H groups in total. The molecule has 1 aliphatic rings. The van der Waals surface area contributed by atoms with Crippen LogP contribution in [-0.2, 0) is 0 Å². The fraction of sp³-hybridized carbons (Fsp3) is 0.294. The van der Waals surface area contributed by atoms with Crippen LogP contribution in [0.25, 0.3) is 0 Å². The van der Waals surface area contributed by atoms with Crippen LogP contribution in [0.15, 0.2) is 48.5 Å². The Balaban J connectivity index is 1.55. The second-order valence-corrected chi connectivity index (χ2v) is 6.42. The number of ether oxygens (including phenoxy) is 2. The second kappa shape index (κ2) is 6.66. The van der Waals surface area contributed by atoms with Gasteiger partial charge in [0, 0.05) is 16.2 Å². The molecular formula is C17H18INO2. The van der Waals surface area contributed by atoms with Crippen LogP contribution in [0.3, 0.4) is 0 Å². The van der Waals surface area contributed by atoms with Gasteiger partial charge in [-0.15, -0.1) is 0 Å². The molecule has 0 spiro atoms. The maximum Gasteiger partial charge on any atom is 0.161 e. The summed E-state index contributed by atoms with van der Waals surface area (Å²) in [5.41, 5.74) is 1.28. The van der Waals surface area contributed by atoms with E-state index in [0.717, 1.165) is 18.0 Å². The first kappa shape index (κ1) is 14.7. The number of rotatable bonds is 4. The fourth-order valence-electron chi connectivity index (χ4n) is 2.34.